The van der Waals surface area contributed by atoms with Crippen LogP contribution in [0.2, 0.25) is 5.02 Å². The Hall–Kier alpha value is -2.24. The molecule has 126 valence electrons. The number of aryl methyl sites for hydroxylation is 1. The largest absolute Gasteiger partial charge is 0.306 e. The van der Waals surface area contributed by atoms with Crippen LogP contribution in [0.15, 0.2) is 48.5 Å². The summed E-state index contributed by atoms with van der Waals surface area (Å²) in [5, 5.41) is 8.42. The second-order valence-electron chi connectivity index (χ2n) is 5.98. The fraction of sp³-hybridized carbons (Fsp3) is 0.158. The van der Waals surface area contributed by atoms with Crippen LogP contribution in [-0.2, 0) is 11.5 Å². The standard InChI is InChI=1S/C19H16ClN3OS/c1-12-2-4-13(5-3-12)19(24)21-18-16-10-25-11-17(16)22-23(18)15-8-6-14(20)7-9-15/h2-9H,10-11H2,1H3,(H,21,24). The molecule has 0 saturated carbocycles. The lowest BCUT2D eigenvalue weighted by Crippen LogP contribution is -2.16. The molecular formula is C19H16ClN3OS. The molecule has 0 aliphatic carbocycles. The summed E-state index contributed by atoms with van der Waals surface area (Å²) in [4.78, 5) is 12.7. The van der Waals surface area contributed by atoms with E-state index in [4.69, 9.17) is 11.6 Å². The van der Waals surface area contributed by atoms with Gasteiger partial charge in [-0.25, -0.2) is 4.68 Å². The molecule has 1 aromatic heterocycles. The maximum absolute atomic E-state index is 12.7. The topological polar surface area (TPSA) is 46.9 Å². The van der Waals surface area contributed by atoms with E-state index in [0.29, 0.717) is 10.6 Å². The van der Waals surface area contributed by atoms with E-state index in [1.165, 1.54) is 0 Å². The zero-order valence-corrected chi connectivity index (χ0v) is 15.2. The molecule has 1 N–H and O–H groups in total. The monoisotopic (exact) mass is 369 g/mol. The molecule has 0 atom stereocenters. The Balaban J connectivity index is 1.72. The second kappa shape index (κ2) is 6.58. The van der Waals surface area contributed by atoms with Gasteiger partial charge in [-0.15, -0.1) is 0 Å². The van der Waals surface area contributed by atoms with Gasteiger partial charge in [-0.3, -0.25) is 4.79 Å². The van der Waals surface area contributed by atoms with Gasteiger partial charge in [0.25, 0.3) is 5.91 Å². The Morgan fingerprint density at radius 2 is 1.84 bits per heavy atom. The maximum atomic E-state index is 12.7. The zero-order valence-electron chi connectivity index (χ0n) is 13.6. The van der Waals surface area contributed by atoms with Crippen molar-refractivity contribution in [2.75, 3.05) is 5.32 Å². The summed E-state index contributed by atoms with van der Waals surface area (Å²) < 4.78 is 1.80. The lowest BCUT2D eigenvalue weighted by molar-refractivity contribution is 0.102. The quantitative estimate of drug-likeness (QED) is 0.719. The Bertz CT molecular complexity index is 933. The first-order valence-corrected chi connectivity index (χ1v) is 9.47. The lowest BCUT2D eigenvalue weighted by Gasteiger charge is -2.11. The zero-order chi connectivity index (χ0) is 17.4. The van der Waals surface area contributed by atoms with Crippen LogP contribution in [0.4, 0.5) is 5.82 Å². The molecule has 0 bridgehead atoms. The highest BCUT2D eigenvalue weighted by atomic mass is 35.5. The Morgan fingerprint density at radius 3 is 2.56 bits per heavy atom. The number of nitrogens with one attached hydrogen (secondary N) is 1. The number of carbonyl (C=O) groups excluding carboxylic acids is 1. The van der Waals surface area contributed by atoms with Crippen LogP contribution < -0.4 is 5.32 Å². The third-order valence-corrected chi connectivity index (χ3v) is 5.39. The Kier molecular flexibility index (Phi) is 4.27. The van der Waals surface area contributed by atoms with E-state index in [1.54, 1.807) is 16.4 Å². The fourth-order valence-electron chi connectivity index (χ4n) is 2.80. The third kappa shape index (κ3) is 3.17. The summed E-state index contributed by atoms with van der Waals surface area (Å²) in [6.07, 6.45) is 0. The minimum atomic E-state index is -0.130. The number of thioether (sulfide) groups is 1. The van der Waals surface area contributed by atoms with Crippen molar-refractivity contribution >= 4 is 35.1 Å². The molecule has 1 aliphatic rings. The molecule has 4 rings (SSSR count). The van der Waals surface area contributed by atoms with Crippen LogP contribution in [0.1, 0.15) is 27.2 Å². The van der Waals surface area contributed by atoms with Crippen LogP contribution in [0, 0.1) is 6.92 Å². The van der Waals surface area contributed by atoms with Gasteiger partial charge < -0.3 is 5.32 Å². The van der Waals surface area contributed by atoms with E-state index in [-0.39, 0.29) is 5.91 Å². The number of amides is 1. The highest BCUT2D eigenvalue weighted by Gasteiger charge is 2.25. The average molecular weight is 370 g/mol. The number of aromatic nitrogens is 2. The van der Waals surface area contributed by atoms with Gasteiger partial charge in [0.05, 0.1) is 11.4 Å². The summed E-state index contributed by atoms with van der Waals surface area (Å²) >= 11 is 7.79. The number of hydrogen-bond donors (Lipinski definition) is 1. The normalized spacial score (nSPS) is 12.9. The fourth-order valence-corrected chi connectivity index (χ4v) is 3.96. The molecule has 6 heteroatoms. The Labute approximate surface area is 155 Å². The van der Waals surface area contributed by atoms with E-state index in [1.807, 2.05) is 55.5 Å². The number of carbonyl (C=O) groups is 1. The number of rotatable bonds is 3. The predicted molar refractivity (Wildman–Crippen MR) is 103 cm³/mol. The van der Waals surface area contributed by atoms with E-state index < -0.39 is 0 Å². The molecule has 2 aromatic carbocycles. The van der Waals surface area contributed by atoms with Gasteiger partial charge in [0.1, 0.15) is 5.82 Å². The minimum absolute atomic E-state index is 0.130. The van der Waals surface area contributed by atoms with E-state index in [2.05, 4.69) is 10.4 Å². The predicted octanol–water partition coefficient (Wildman–Crippen LogP) is 4.83. The molecule has 0 fully saturated rings. The van der Waals surface area contributed by atoms with Gasteiger partial charge in [-0.1, -0.05) is 29.3 Å². The molecule has 1 amide bonds. The maximum Gasteiger partial charge on any atom is 0.256 e. The highest BCUT2D eigenvalue weighted by molar-refractivity contribution is 7.98. The molecular weight excluding hydrogens is 354 g/mol. The third-order valence-electron chi connectivity index (χ3n) is 4.17. The molecule has 1 aliphatic heterocycles. The van der Waals surface area contributed by atoms with Crippen molar-refractivity contribution in [2.45, 2.75) is 18.4 Å². The summed E-state index contributed by atoms with van der Waals surface area (Å²) in [7, 11) is 0. The van der Waals surface area contributed by atoms with Crippen LogP contribution >= 0.6 is 23.4 Å². The molecule has 0 unspecified atom stereocenters. The van der Waals surface area contributed by atoms with Gasteiger partial charge >= 0.3 is 0 Å². The number of halogens is 1. The molecule has 0 spiro atoms. The van der Waals surface area contributed by atoms with Gasteiger partial charge in [0.15, 0.2) is 0 Å². The summed E-state index contributed by atoms with van der Waals surface area (Å²) in [5.74, 6) is 2.33. The number of fused-ring (bicyclic) bond motifs is 1. The van der Waals surface area contributed by atoms with E-state index in [9.17, 15) is 4.79 Å². The number of hydrogen-bond acceptors (Lipinski definition) is 3. The second-order valence-corrected chi connectivity index (χ2v) is 7.40. The van der Waals surface area contributed by atoms with Crippen LogP contribution in [0.25, 0.3) is 5.69 Å². The van der Waals surface area contributed by atoms with Crippen molar-refractivity contribution in [2.24, 2.45) is 0 Å². The minimum Gasteiger partial charge on any atom is -0.306 e. The van der Waals surface area contributed by atoms with Crippen molar-refractivity contribution in [3.63, 3.8) is 0 Å². The molecule has 2 heterocycles. The van der Waals surface area contributed by atoms with Gasteiger partial charge in [0, 0.05) is 27.7 Å². The summed E-state index contributed by atoms with van der Waals surface area (Å²) in [5.41, 5.74) is 4.76. The molecule has 3 aromatic rings. The van der Waals surface area contributed by atoms with Gasteiger partial charge in [-0.2, -0.15) is 16.9 Å². The van der Waals surface area contributed by atoms with Crippen molar-refractivity contribution in [1.82, 2.24) is 9.78 Å². The summed E-state index contributed by atoms with van der Waals surface area (Å²) in [6.45, 7) is 2.00. The van der Waals surface area contributed by atoms with Gasteiger partial charge in [0.2, 0.25) is 0 Å². The number of benzene rings is 2. The molecule has 0 radical (unpaired) electrons. The SMILES string of the molecule is Cc1ccc(C(=O)Nc2c3c(nn2-c2ccc(Cl)cc2)CSC3)cc1. The van der Waals surface area contributed by atoms with Gasteiger partial charge in [-0.05, 0) is 43.3 Å². The van der Waals surface area contributed by atoms with Crippen molar-refractivity contribution in [3.8, 4) is 5.69 Å². The van der Waals surface area contributed by atoms with Crippen LogP contribution in [0.3, 0.4) is 0 Å². The van der Waals surface area contributed by atoms with Crippen LogP contribution in [-0.4, -0.2) is 15.7 Å². The highest BCUT2D eigenvalue weighted by Crippen LogP contribution is 2.36. The van der Waals surface area contributed by atoms with E-state index >= 15 is 0 Å². The first-order valence-electron chi connectivity index (χ1n) is 7.94. The number of nitrogens with zero attached hydrogens (tertiary/aromatic N) is 2. The van der Waals surface area contributed by atoms with Crippen molar-refractivity contribution in [3.05, 3.63) is 75.9 Å². The Morgan fingerprint density at radius 1 is 1.12 bits per heavy atom. The smallest absolute Gasteiger partial charge is 0.256 e. The van der Waals surface area contributed by atoms with Crippen LogP contribution in [0.5, 0.6) is 0 Å². The average Bonchev–Trinajstić information content (AvgIpc) is 3.19. The number of anilines is 1. The molecule has 4 nitrogen and oxygen atoms in total. The molecule has 25 heavy (non-hydrogen) atoms. The summed E-state index contributed by atoms with van der Waals surface area (Å²) in [6, 6.07) is 15.0. The first kappa shape index (κ1) is 16.2. The van der Waals surface area contributed by atoms with Crippen molar-refractivity contribution in [1.29, 1.82) is 0 Å². The first-order chi connectivity index (χ1) is 12.1. The lowest BCUT2D eigenvalue weighted by atomic mass is 10.1. The van der Waals surface area contributed by atoms with E-state index in [0.717, 1.165) is 39.8 Å². The van der Waals surface area contributed by atoms with Crippen molar-refractivity contribution < 1.29 is 4.79 Å². The molecule has 0 saturated heterocycles.